The molecule has 2 aromatic rings. The van der Waals surface area contributed by atoms with Gasteiger partial charge in [-0.15, -0.1) is 0 Å². The van der Waals surface area contributed by atoms with Crippen LogP contribution in [0.15, 0.2) is 45.3 Å². The Morgan fingerprint density at radius 1 is 1.15 bits per heavy atom. The number of carbonyl (C=O) groups is 1. The van der Waals surface area contributed by atoms with Gasteiger partial charge in [-0.2, -0.15) is 0 Å². The molecule has 0 aliphatic rings. The van der Waals surface area contributed by atoms with Gasteiger partial charge in [0.25, 0.3) is 5.91 Å². The van der Waals surface area contributed by atoms with Gasteiger partial charge in [0.15, 0.2) is 0 Å². The van der Waals surface area contributed by atoms with E-state index in [-0.39, 0.29) is 5.91 Å². The molecule has 0 fully saturated rings. The van der Waals surface area contributed by atoms with Gasteiger partial charge in [0.05, 0.1) is 11.8 Å². The molecule has 4 nitrogen and oxygen atoms in total. The van der Waals surface area contributed by atoms with E-state index in [1.54, 1.807) is 24.3 Å². The molecule has 2 N–H and O–H groups in total. The van der Waals surface area contributed by atoms with Gasteiger partial charge in [-0.25, -0.2) is 0 Å². The lowest BCUT2D eigenvalue weighted by Crippen LogP contribution is -2.28. The van der Waals surface area contributed by atoms with Crippen LogP contribution in [0.4, 0.5) is 5.69 Å². The zero-order valence-corrected chi connectivity index (χ0v) is 18.5. The number of carbonyl (C=O) groups excluding carboxylic acids is 1. The fourth-order valence-electron chi connectivity index (χ4n) is 2.52. The highest BCUT2D eigenvalue weighted by Crippen LogP contribution is 2.35. The van der Waals surface area contributed by atoms with Crippen molar-refractivity contribution < 1.29 is 9.90 Å². The number of amides is 1. The average Bonchev–Trinajstić information content (AvgIpc) is 2.62. The number of hydrogen-bond acceptors (Lipinski definition) is 3. The topological polar surface area (TPSA) is 52.6 Å². The lowest BCUT2D eigenvalue weighted by Gasteiger charge is -2.23. The molecule has 0 saturated carbocycles. The summed E-state index contributed by atoms with van der Waals surface area (Å²) in [7, 11) is 0. The predicted octanol–water partition coefficient (Wildman–Crippen LogP) is 5.49. The monoisotopic (exact) mass is 502 g/mol. The first-order valence-corrected chi connectivity index (χ1v) is 10.3. The highest BCUT2D eigenvalue weighted by molar-refractivity contribution is 9.11. The van der Waals surface area contributed by atoms with Gasteiger partial charge in [-0.1, -0.05) is 25.4 Å². The third-order valence-electron chi connectivity index (χ3n) is 4.12. The van der Waals surface area contributed by atoms with E-state index in [0.29, 0.717) is 31.8 Å². The third kappa shape index (κ3) is 5.54. The van der Waals surface area contributed by atoms with Gasteiger partial charge in [0, 0.05) is 26.1 Å². The quantitative estimate of drug-likeness (QED) is 0.524. The van der Waals surface area contributed by atoms with Crippen molar-refractivity contribution in [3.63, 3.8) is 0 Å². The normalized spacial score (nSPS) is 12.3. The summed E-state index contributed by atoms with van der Waals surface area (Å²) >= 11 is 12.8. The second-order valence-corrected chi connectivity index (χ2v) is 7.97. The van der Waals surface area contributed by atoms with Crippen molar-refractivity contribution in [1.29, 1.82) is 0 Å². The number of aliphatic hydroxyl groups excluding tert-OH is 1. The number of nitrogens with one attached hydrogen (secondary N) is 1. The number of hydrogen-bond donors (Lipinski definition) is 2. The molecule has 140 valence electrons. The van der Waals surface area contributed by atoms with Crippen LogP contribution in [-0.2, 0) is 0 Å². The van der Waals surface area contributed by atoms with Crippen LogP contribution in [0.3, 0.4) is 0 Å². The minimum Gasteiger partial charge on any atom is -0.387 e. The second kappa shape index (κ2) is 9.85. The Morgan fingerprint density at radius 3 is 2.19 bits per heavy atom. The fourth-order valence-corrected chi connectivity index (χ4v) is 4.07. The molecule has 7 heteroatoms. The molecule has 0 aliphatic heterocycles. The van der Waals surface area contributed by atoms with Crippen LogP contribution in [0, 0.1) is 0 Å². The highest BCUT2D eigenvalue weighted by Gasteiger charge is 2.17. The molecule has 0 radical (unpaired) electrons. The van der Waals surface area contributed by atoms with E-state index in [1.807, 2.05) is 12.1 Å². The largest absolute Gasteiger partial charge is 0.387 e. The van der Waals surface area contributed by atoms with Crippen LogP contribution in [0.2, 0.25) is 5.02 Å². The Balaban J connectivity index is 2.18. The number of rotatable bonds is 7. The molecule has 0 bridgehead atoms. The van der Waals surface area contributed by atoms with Gasteiger partial charge in [0.1, 0.15) is 0 Å². The molecule has 1 unspecified atom stereocenters. The van der Waals surface area contributed by atoms with Crippen molar-refractivity contribution in [3.05, 3.63) is 61.5 Å². The number of anilines is 1. The second-order valence-electron chi connectivity index (χ2n) is 5.82. The van der Waals surface area contributed by atoms with Crippen LogP contribution in [0.5, 0.6) is 0 Å². The summed E-state index contributed by atoms with van der Waals surface area (Å²) in [5.74, 6) is -0.237. The van der Waals surface area contributed by atoms with Gasteiger partial charge < -0.3 is 15.3 Å². The maximum atomic E-state index is 12.4. The third-order valence-corrected chi connectivity index (χ3v) is 5.62. The Morgan fingerprint density at radius 2 is 1.69 bits per heavy atom. The molecule has 26 heavy (non-hydrogen) atoms. The predicted molar refractivity (Wildman–Crippen MR) is 114 cm³/mol. The molecule has 1 atom stereocenters. The summed E-state index contributed by atoms with van der Waals surface area (Å²) in [6, 6.07) is 10.3. The molecule has 0 saturated heterocycles. The first kappa shape index (κ1) is 21.4. The highest BCUT2D eigenvalue weighted by atomic mass is 79.9. The minimum atomic E-state index is -0.608. The van der Waals surface area contributed by atoms with E-state index in [9.17, 15) is 9.90 Å². The molecule has 2 aromatic carbocycles. The van der Waals surface area contributed by atoms with Gasteiger partial charge in [0.2, 0.25) is 0 Å². The van der Waals surface area contributed by atoms with Crippen molar-refractivity contribution in [2.24, 2.45) is 0 Å². The van der Waals surface area contributed by atoms with E-state index >= 15 is 0 Å². The molecular weight excluding hydrogens is 483 g/mol. The number of nitrogens with zero attached hydrogens (tertiary/aromatic N) is 1. The number of benzene rings is 2. The Hall–Kier alpha value is -0.920. The van der Waals surface area contributed by atoms with E-state index in [1.165, 1.54) is 0 Å². The van der Waals surface area contributed by atoms with E-state index in [4.69, 9.17) is 11.6 Å². The van der Waals surface area contributed by atoms with Crippen LogP contribution in [0.1, 0.15) is 35.9 Å². The summed E-state index contributed by atoms with van der Waals surface area (Å²) in [5.41, 5.74) is 1.91. The number of halogens is 3. The Kier molecular flexibility index (Phi) is 8.10. The lowest BCUT2D eigenvalue weighted by molar-refractivity contribution is 0.102. The zero-order valence-electron chi connectivity index (χ0n) is 14.6. The van der Waals surface area contributed by atoms with Crippen molar-refractivity contribution in [3.8, 4) is 0 Å². The maximum absolute atomic E-state index is 12.4. The van der Waals surface area contributed by atoms with Crippen LogP contribution < -0.4 is 5.32 Å². The average molecular weight is 505 g/mol. The van der Waals surface area contributed by atoms with Gasteiger partial charge in [-0.3, -0.25) is 4.79 Å². The first-order chi connectivity index (χ1) is 12.3. The fraction of sp³-hybridized carbons (Fsp3) is 0.316. The molecule has 0 spiro atoms. The summed E-state index contributed by atoms with van der Waals surface area (Å²) in [6.07, 6.45) is -0.608. The van der Waals surface area contributed by atoms with Crippen LogP contribution in [0.25, 0.3) is 0 Å². The summed E-state index contributed by atoms with van der Waals surface area (Å²) < 4.78 is 1.39. The molecule has 1 amide bonds. The van der Waals surface area contributed by atoms with Crippen molar-refractivity contribution in [2.45, 2.75) is 20.0 Å². The first-order valence-electron chi connectivity index (χ1n) is 8.32. The summed E-state index contributed by atoms with van der Waals surface area (Å²) in [5, 5.41) is 14.0. The van der Waals surface area contributed by atoms with Crippen LogP contribution >= 0.6 is 43.5 Å². The van der Waals surface area contributed by atoms with Gasteiger partial charge in [-0.05, 0) is 86.9 Å². The maximum Gasteiger partial charge on any atom is 0.255 e. The zero-order chi connectivity index (χ0) is 19.3. The lowest BCUT2D eigenvalue weighted by atomic mass is 10.1. The Labute approximate surface area is 175 Å². The van der Waals surface area contributed by atoms with Crippen molar-refractivity contribution in [1.82, 2.24) is 4.90 Å². The summed E-state index contributed by atoms with van der Waals surface area (Å²) in [6.45, 7) is 6.45. The summed E-state index contributed by atoms with van der Waals surface area (Å²) in [4.78, 5) is 14.6. The number of aliphatic hydroxyl groups is 1. The van der Waals surface area contributed by atoms with Gasteiger partial charge >= 0.3 is 0 Å². The smallest absolute Gasteiger partial charge is 0.255 e. The van der Waals surface area contributed by atoms with E-state index < -0.39 is 6.10 Å². The standard InChI is InChI=1S/C19H21Br2ClN2O2/c1-3-24(4-2)11-17(25)13-9-15(20)18(16(21)10-13)23-19(26)12-5-7-14(22)8-6-12/h5-10,17,25H,3-4,11H2,1-2H3,(H,23,26). The SMILES string of the molecule is CCN(CC)CC(O)c1cc(Br)c(NC(=O)c2ccc(Cl)cc2)c(Br)c1. The Bertz CT molecular complexity index is 742. The molecular formula is C19H21Br2ClN2O2. The van der Waals surface area contributed by atoms with Crippen molar-refractivity contribution in [2.75, 3.05) is 25.0 Å². The van der Waals surface area contributed by atoms with E-state index in [2.05, 4.69) is 55.9 Å². The van der Waals surface area contributed by atoms with Crippen LogP contribution in [-0.4, -0.2) is 35.5 Å². The molecule has 2 rings (SSSR count). The number of likely N-dealkylation sites (N-methyl/N-ethyl adjacent to an activating group) is 1. The molecule has 0 aliphatic carbocycles. The molecule has 0 heterocycles. The minimum absolute atomic E-state index is 0.237. The van der Waals surface area contributed by atoms with E-state index in [0.717, 1.165) is 18.7 Å². The van der Waals surface area contributed by atoms with Crippen molar-refractivity contribution >= 4 is 55.1 Å². The molecule has 0 aromatic heterocycles.